The average Bonchev–Trinajstić information content (AvgIpc) is 3.71. The Morgan fingerprint density at radius 1 is 0.368 bits per heavy atom. The number of para-hydroxylation sites is 2. The molecule has 0 amide bonds. The van der Waals surface area contributed by atoms with Crippen LogP contribution in [0.3, 0.4) is 0 Å². The van der Waals surface area contributed by atoms with Gasteiger partial charge < -0.3 is 9.47 Å². The normalized spacial score (nSPS) is 12.9. The van der Waals surface area contributed by atoms with Crippen LogP contribution in [0.4, 0.5) is 17.1 Å². The Kier molecular flexibility index (Phi) is 7.55. The largest absolute Gasteiger partial charge is 0.310 e. The number of hydrogen-bond donors (Lipinski definition) is 0. The number of nitrogens with zero attached hydrogens (tertiary/aromatic N) is 2. The highest BCUT2D eigenvalue weighted by Crippen LogP contribution is 2.52. The van der Waals surface area contributed by atoms with Gasteiger partial charge in [-0.1, -0.05) is 147 Å². The summed E-state index contributed by atoms with van der Waals surface area (Å²) in [6, 6.07) is 75.6. The highest BCUT2D eigenvalue weighted by molar-refractivity contribution is 6.10. The van der Waals surface area contributed by atoms with E-state index in [0.717, 1.165) is 17.1 Å². The summed E-state index contributed by atoms with van der Waals surface area (Å²) in [7, 11) is 0. The van der Waals surface area contributed by atoms with Crippen LogP contribution >= 0.6 is 0 Å². The topological polar surface area (TPSA) is 8.17 Å². The SMILES string of the molecule is CC1(C)c2cc(N(c3ccccc3)c3cccc(-c4ccc5ccccc5c4)c3)ccc2-c2ccc(-n3c4ccccc4c4cc(-c5ccccc5)ccc43)cc21. The van der Waals surface area contributed by atoms with Crippen LogP contribution in [0.1, 0.15) is 25.0 Å². The first-order valence-corrected chi connectivity index (χ1v) is 19.8. The van der Waals surface area contributed by atoms with E-state index in [9.17, 15) is 0 Å². The molecule has 0 N–H and O–H groups in total. The molecule has 0 spiro atoms. The predicted octanol–water partition coefficient (Wildman–Crippen LogP) is 15.0. The molecule has 0 atom stereocenters. The quantitative estimate of drug-likeness (QED) is 0.165. The van der Waals surface area contributed by atoms with Crippen molar-refractivity contribution in [2.24, 2.45) is 0 Å². The summed E-state index contributed by atoms with van der Waals surface area (Å²) in [5.41, 5.74) is 17.0. The monoisotopic (exact) mass is 728 g/mol. The Balaban J connectivity index is 1.01. The van der Waals surface area contributed by atoms with Gasteiger partial charge in [0.25, 0.3) is 0 Å². The molecule has 9 aromatic carbocycles. The number of fused-ring (bicyclic) bond motifs is 7. The Labute approximate surface area is 333 Å². The van der Waals surface area contributed by atoms with Crippen molar-refractivity contribution in [2.75, 3.05) is 4.90 Å². The van der Waals surface area contributed by atoms with E-state index in [4.69, 9.17) is 0 Å². The second-order valence-electron chi connectivity index (χ2n) is 15.8. The fraction of sp³-hybridized carbons (Fsp3) is 0.0545. The lowest BCUT2D eigenvalue weighted by Crippen LogP contribution is -2.17. The third kappa shape index (κ3) is 5.40. The molecule has 57 heavy (non-hydrogen) atoms. The smallest absolute Gasteiger partial charge is 0.0541 e. The van der Waals surface area contributed by atoms with E-state index < -0.39 is 0 Å². The van der Waals surface area contributed by atoms with Gasteiger partial charge >= 0.3 is 0 Å². The fourth-order valence-electron chi connectivity index (χ4n) is 9.27. The first-order valence-electron chi connectivity index (χ1n) is 19.8. The molecule has 0 unspecified atom stereocenters. The van der Waals surface area contributed by atoms with Crippen LogP contribution in [-0.4, -0.2) is 4.57 Å². The molecule has 0 aliphatic heterocycles. The van der Waals surface area contributed by atoms with Gasteiger partial charge in [0, 0.05) is 38.9 Å². The number of benzene rings is 9. The zero-order valence-corrected chi connectivity index (χ0v) is 32.0. The Morgan fingerprint density at radius 3 is 1.81 bits per heavy atom. The molecule has 1 aliphatic carbocycles. The fourth-order valence-corrected chi connectivity index (χ4v) is 9.27. The molecule has 0 saturated carbocycles. The molecular formula is C55H40N2. The number of rotatable bonds is 6. The van der Waals surface area contributed by atoms with Crippen LogP contribution in [0.15, 0.2) is 206 Å². The van der Waals surface area contributed by atoms with Crippen molar-refractivity contribution in [3.05, 3.63) is 217 Å². The molecule has 2 nitrogen and oxygen atoms in total. The zero-order chi connectivity index (χ0) is 38.1. The van der Waals surface area contributed by atoms with Gasteiger partial charge in [-0.2, -0.15) is 0 Å². The van der Waals surface area contributed by atoms with Gasteiger partial charge in [-0.05, 0) is 128 Å². The third-order valence-electron chi connectivity index (χ3n) is 12.1. The average molecular weight is 729 g/mol. The summed E-state index contributed by atoms with van der Waals surface area (Å²) < 4.78 is 2.45. The lowest BCUT2D eigenvalue weighted by Gasteiger charge is -2.28. The van der Waals surface area contributed by atoms with Gasteiger partial charge in [-0.15, -0.1) is 0 Å². The molecular weight excluding hydrogens is 689 g/mol. The molecule has 0 radical (unpaired) electrons. The molecule has 1 heterocycles. The van der Waals surface area contributed by atoms with Crippen molar-refractivity contribution in [1.82, 2.24) is 4.57 Å². The standard InChI is InChI=1S/C55H40N2/c1-55(2)51-35-45(56(43-19-7-4-8-20-43)44-21-13-18-40(33-44)41-25-24-38-16-9-10-17-39(38)32-41)27-29-47(51)48-30-28-46(36-52(48)55)57-53-23-12-11-22-49(53)50-34-42(26-31-54(50)57)37-14-5-3-6-15-37/h3-36H,1-2H3. The van der Waals surface area contributed by atoms with E-state index >= 15 is 0 Å². The van der Waals surface area contributed by atoms with Crippen molar-refractivity contribution >= 4 is 49.6 Å². The van der Waals surface area contributed by atoms with Crippen LogP contribution in [0.2, 0.25) is 0 Å². The minimum absolute atomic E-state index is 0.217. The maximum atomic E-state index is 2.45. The second-order valence-corrected chi connectivity index (χ2v) is 15.8. The van der Waals surface area contributed by atoms with Crippen LogP contribution in [-0.2, 0) is 5.41 Å². The van der Waals surface area contributed by atoms with Crippen molar-refractivity contribution in [2.45, 2.75) is 19.3 Å². The first kappa shape index (κ1) is 33.2. The van der Waals surface area contributed by atoms with Crippen LogP contribution in [0, 0.1) is 0 Å². The molecule has 2 heteroatoms. The summed E-state index contributed by atoms with van der Waals surface area (Å²) in [6.45, 7) is 4.77. The Morgan fingerprint density at radius 2 is 0.965 bits per heavy atom. The maximum absolute atomic E-state index is 2.45. The molecule has 270 valence electrons. The molecule has 10 aromatic rings. The minimum atomic E-state index is -0.217. The van der Waals surface area contributed by atoms with Gasteiger partial charge in [-0.3, -0.25) is 0 Å². The van der Waals surface area contributed by atoms with Crippen LogP contribution in [0.5, 0.6) is 0 Å². The number of aromatic nitrogens is 1. The van der Waals surface area contributed by atoms with Gasteiger partial charge in [0.15, 0.2) is 0 Å². The van der Waals surface area contributed by atoms with Crippen LogP contribution < -0.4 is 4.90 Å². The van der Waals surface area contributed by atoms with Gasteiger partial charge in [0.1, 0.15) is 0 Å². The van der Waals surface area contributed by atoms with E-state index in [1.165, 1.54) is 82.8 Å². The summed E-state index contributed by atoms with van der Waals surface area (Å²) in [6.07, 6.45) is 0. The maximum Gasteiger partial charge on any atom is 0.0541 e. The lowest BCUT2D eigenvalue weighted by atomic mass is 9.82. The van der Waals surface area contributed by atoms with E-state index in [1.807, 2.05) is 0 Å². The van der Waals surface area contributed by atoms with E-state index in [1.54, 1.807) is 0 Å². The first-order chi connectivity index (χ1) is 28.0. The van der Waals surface area contributed by atoms with Crippen LogP contribution in [0.25, 0.3) is 71.6 Å². The van der Waals surface area contributed by atoms with Crippen molar-refractivity contribution in [1.29, 1.82) is 0 Å². The molecule has 0 bridgehead atoms. The third-order valence-corrected chi connectivity index (χ3v) is 12.1. The lowest BCUT2D eigenvalue weighted by molar-refractivity contribution is 0.660. The van der Waals surface area contributed by atoms with E-state index in [0.29, 0.717) is 0 Å². The van der Waals surface area contributed by atoms with E-state index in [2.05, 4.69) is 230 Å². The Bertz CT molecular complexity index is 3150. The molecule has 0 saturated heterocycles. The summed E-state index contributed by atoms with van der Waals surface area (Å²) >= 11 is 0. The van der Waals surface area contributed by atoms with E-state index in [-0.39, 0.29) is 5.41 Å². The highest BCUT2D eigenvalue weighted by Gasteiger charge is 2.36. The second kappa shape index (κ2) is 13.0. The highest BCUT2D eigenvalue weighted by atomic mass is 15.1. The zero-order valence-electron chi connectivity index (χ0n) is 32.0. The summed E-state index contributed by atoms with van der Waals surface area (Å²) in [4.78, 5) is 2.40. The molecule has 0 fully saturated rings. The number of hydrogen-bond acceptors (Lipinski definition) is 1. The Hall–Kier alpha value is -7.16. The molecule has 1 aromatic heterocycles. The molecule has 11 rings (SSSR count). The van der Waals surface area contributed by atoms with Gasteiger partial charge in [0.05, 0.1) is 11.0 Å². The van der Waals surface area contributed by atoms with Crippen molar-refractivity contribution in [3.63, 3.8) is 0 Å². The molecule has 1 aliphatic rings. The minimum Gasteiger partial charge on any atom is -0.310 e. The summed E-state index contributed by atoms with van der Waals surface area (Å²) in [5.74, 6) is 0. The van der Waals surface area contributed by atoms with Crippen molar-refractivity contribution in [3.8, 4) is 39.1 Å². The predicted molar refractivity (Wildman–Crippen MR) is 241 cm³/mol. The number of anilines is 3. The summed E-state index contributed by atoms with van der Waals surface area (Å²) in [5, 5.41) is 5.04. The van der Waals surface area contributed by atoms with Crippen molar-refractivity contribution < 1.29 is 0 Å². The van der Waals surface area contributed by atoms with Gasteiger partial charge in [-0.25, -0.2) is 0 Å². The van der Waals surface area contributed by atoms with Gasteiger partial charge in [0.2, 0.25) is 0 Å².